The average molecular weight is 507 g/mol. The molecular weight excluding hydrogens is 486 g/mol. The normalized spacial score (nSPS) is 11.4. The van der Waals surface area contributed by atoms with E-state index in [-0.39, 0.29) is 24.0 Å². The molecule has 0 fully saturated rings. The van der Waals surface area contributed by atoms with Crippen molar-refractivity contribution in [3.63, 3.8) is 0 Å². The Balaban J connectivity index is 0.00000392. The van der Waals surface area contributed by atoms with Gasteiger partial charge >= 0.3 is 12.1 Å². The molecule has 0 amide bonds. The van der Waals surface area contributed by atoms with E-state index >= 15 is 0 Å². The largest absolute Gasteiger partial charge is 0.465 e. The highest BCUT2D eigenvalue weighted by atomic mass is 127. The van der Waals surface area contributed by atoms with E-state index in [9.17, 15) is 18.0 Å². The van der Waals surface area contributed by atoms with Crippen LogP contribution in [0.5, 0.6) is 0 Å². The predicted molar refractivity (Wildman–Crippen MR) is 112 cm³/mol. The number of aliphatic imine (C=N–C) groups is 1. The fraction of sp³-hybridized carbons (Fsp3) is 0.263. The van der Waals surface area contributed by atoms with Crippen LogP contribution in [0.25, 0.3) is 0 Å². The first-order valence-electron chi connectivity index (χ1n) is 8.11. The Labute approximate surface area is 178 Å². The second-order valence-corrected chi connectivity index (χ2v) is 5.66. The van der Waals surface area contributed by atoms with Crippen molar-refractivity contribution in [1.29, 1.82) is 0 Å². The van der Waals surface area contributed by atoms with Gasteiger partial charge in [0.25, 0.3) is 0 Å². The smallest absolute Gasteiger partial charge is 0.416 e. The molecule has 0 bridgehead atoms. The molecule has 2 aromatic rings. The number of alkyl halides is 3. The summed E-state index contributed by atoms with van der Waals surface area (Å²) in [6.07, 6.45) is -4.34. The standard InChI is InChI=1S/C19H20F3N3O2.HI/c1-23-18(24-11-13-3-7-15(8-4-13)17(26)27-2)25-12-14-5-9-16(10-6-14)19(20,21)22;/h3-10H,11-12H2,1-2H3,(H2,23,24,25);1H. The van der Waals surface area contributed by atoms with Crippen molar-refractivity contribution < 1.29 is 22.7 Å². The number of halogens is 4. The van der Waals surface area contributed by atoms with E-state index in [0.717, 1.165) is 17.7 Å². The van der Waals surface area contributed by atoms with E-state index in [1.807, 2.05) is 0 Å². The van der Waals surface area contributed by atoms with Gasteiger partial charge in [0.15, 0.2) is 5.96 Å². The van der Waals surface area contributed by atoms with Gasteiger partial charge in [-0.25, -0.2) is 4.79 Å². The number of hydrogen-bond acceptors (Lipinski definition) is 3. The van der Waals surface area contributed by atoms with Crippen molar-refractivity contribution in [2.75, 3.05) is 14.2 Å². The summed E-state index contributed by atoms with van der Waals surface area (Å²) in [5, 5.41) is 6.13. The van der Waals surface area contributed by atoms with E-state index < -0.39 is 17.7 Å². The molecule has 0 aliphatic carbocycles. The summed E-state index contributed by atoms with van der Waals surface area (Å²) in [6.45, 7) is 0.799. The quantitative estimate of drug-likeness (QED) is 0.278. The Morgan fingerprint density at radius 2 is 1.43 bits per heavy atom. The second kappa shape index (κ2) is 10.9. The summed E-state index contributed by atoms with van der Waals surface area (Å²) in [4.78, 5) is 15.5. The van der Waals surface area contributed by atoms with Crippen molar-refractivity contribution in [2.24, 2.45) is 4.99 Å². The van der Waals surface area contributed by atoms with Crippen LogP contribution in [-0.4, -0.2) is 26.1 Å². The molecule has 0 unspecified atom stereocenters. The number of carbonyl (C=O) groups is 1. The van der Waals surface area contributed by atoms with Crippen LogP contribution in [0.15, 0.2) is 53.5 Å². The molecule has 0 saturated heterocycles. The van der Waals surface area contributed by atoms with E-state index in [2.05, 4.69) is 20.4 Å². The van der Waals surface area contributed by atoms with Gasteiger partial charge in [-0.15, -0.1) is 24.0 Å². The van der Waals surface area contributed by atoms with Gasteiger partial charge in [-0.3, -0.25) is 4.99 Å². The van der Waals surface area contributed by atoms with Gasteiger partial charge in [-0.2, -0.15) is 13.2 Å². The van der Waals surface area contributed by atoms with Gasteiger partial charge in [0.1, 0.15) is 0 Å². The average Bonchev–Trinajstić information content (AvgIpc) is 2.67. The van der Waals surface area contributed by atoms with Gasteiger partial charge in [0.2, 0.25) is 0 Å². The zero-order valence-electron chi connectivity index (χ0n) is 15.3. The highest BCUT2D eigenvalue weighted by Gasteiger charge is 2.29. The zero-order chi connectivity index (χ0) is 19.9. The van der Waals surface area contributed by atoms with E-state index in [1.54, 1.807) is 31.3 Å². The molecule has 0 heterocycles. The molecule has 0 aromatic heterocycles. The minimum Gasteiger partial charge on any atom is -0.465 e. The van der Waals surface area contributed by atoms with Gasteiger partial charge in [-0.05, 0) is 35.4 Å². The first-order valence-corrected chi connectivity index (χ1v) is 8.11. The molecule has 28 heavy (non-hydrogen) atoms. The number of nitrogens with one attached hydrogen (secondary N) is 2. The van der Waals surface area contributed by atoms with Crippen LogP contribution in [0.3, 0.4) is 0 Å². The summed E-state index contributed by atoms with van der Waals surface area (Å²) in [7, 11) is 2.92. The molecule has 2 aromatic carbocycles. The number of carbonyl (C=O) groups excluding carboxylic acids is 1. The van der Waals surface area contributed by atoms with Gasteiger partial charge in [-0.1, -0.05) is 24.3 Å². The van der Waals surface area contributed by atoms with Crippen molar-refractivity contribution >= 4 is 35.9 Å². The lowest BCUT2D eigenvalue weighted by atomic mass is 10.1. The maximum atomic E-state index is 12.6. The van der Waals surface area contributed by atoms with Crippen LogP contribution in [0.2, 0.25) is 0 Å². The molecule has 0 saturated carbocycles. The Hall–Kier alpha value is -2.30. The van der Waals surface area contributed by atoms with Gasteiger partial charge in [0, 0.05) is 20.1 Å². The molecular formula is C19H21F3IN3O2. The number of ether oxygens (including phenoxy) is 1. The van der Waals surface area contributed by atoms with E-state index in [1.165, 1.54) is 19.2 Å². The van der Waals surface area contributed by atoms with Crippen LogP contribution < -0.4 is 10.6 Å². The molecule has 2 rings (SSSR count). The number of hydrogen-bond donors (Lipinski definition) is 2. The summed E-state index contributed by atoms with van der Waals surface area (Å²) in [6, 6.07) is 11.9. The number of esters is 1. The second-order valence-electron chi connectivity index (χ2n) is 5.66. The fourth-order valence-electron chi connectivity index (χ4n) is 2.28. The van der Waals surface area contributed by atoms with Crippen LogP contribution in [-0.2, 0) is 24.0 Å². The third-order valence-corrected chi connectivity index (χ3v) is 3.80. The van der Waals surface area contributed by atoms with Crippen molar-refractivity contribution in [3.8, 4) is 0 Å². The molecule has 2 N–H and O–H groups in total. The van der Waals surface area contributed by atoms with Crippen molar-refractivity contribution in [3.05, 3.63) is 70.8 Å². The Bertz CT molecular complexity index is 792. The maximum absolute atomic E-state index is 12.6. The fourth-order valence-corrected chi connectivity index (χ4v) is 2.28. The lowest BCUT2D eigenvalue weighted by Crippen LogP contribution is -2.36. The topological polar surface area (TPSA) is 62.7 Å². The van der Waals surface area contributed by atoms with Crippen LogP contribution in [0.4, 0.5) is 13.2 Å². The van der Waals surface area contributed by atoms with Crippen molar-refractivity contribution in [2.45, 2.75) is 19.3 Å². The van der Waals surface area contributed by atoms with Crippen LogP contribution >= 0.6 is 24.0 Å². The third kappa shape index (κ3) is 7.02. The Morgan fingerprint density at radius 3 is 1.82 bits per heavy atom. The highest BCUT2D eigenvalue weighted by molar-refractivity contribution is 14.0. The zero-order valence-corrected chi connectivity index (χ0v) is 17.7. The molecule has 0 aliphatic rings. The van der Waals surface area contributed by atoms with Gasteiger partial charge in [0.05, 0.1) is 18.2 Å². The lowest BCUT2D eigenvalue weighted by Gasteiger charge is -2.13. The van der Waals surface area contributed by atoms with Crippen LogP contribution in [0.1, 0.15) is 27.0 Å². The minimum absolute atomic E-state index is 0. The molecule has 0 spiro atoms. The summed E-state index contributed by atoms with van der Waals surface area (Å²) >= 11 is 0. The van der Waals surface area contributed by atoms with Crippen molar-refractivity contribution in [1.82, 2.24) is 10.6 Å². The number of guanidine groups is 1. The molecule has 0 radical (unpaired) electrons. The number of nitrogens with zero attached hydrogens (tertiary/aromatic N) is 1. The molecule has 0 atom stereocenters. The van der Waals surface area contributed by atoms with E-state index in [4.69, 9.17) is 0 Å². The SMILES string of the molecule is CN=C(NCc1ccc(C(=O)OC)cc1)NCc1ccc(C(F)(F)F)cc1.I. The van der Waals surface area contributed by atoms with E-state index in [0.29, 0.717) is 30.2 Å². The Kier molecular flexibility index (Phi) is 9.23. The molecule has 152 valence electrons. The summed E-state index contributed by atoms with van der Waals surface area (Å²) in [5.74, 6) is 0.107. The number of rotatable bonds is 5. The maximum Gasteiger partial charge on any atom is 0.416 e. The number of benzene rings is 2. The molecule has 0 aliphatic heterocycles. The van der Waals surface area contributed by atoms with Crippen LogP contribution in [0, 0.1) is 0 Å². The summed E-state index contributed by atoms with van der Waals surface area (Å²) < 4.78 is 42.4. The third-order valence-electron chi connectivity index (χ3n) is 3.80. The molecule has 9 heteroatoms. The first kappa shape index (κ1) is 23.7. The highest BCUT2D eigenvalue weighted by Crippen LogP contribution is 2.29. The van der Waals surface area contributed by atoms with Gasteiger partial charge < -0.3 is 15.4 Å². The Morgan fingerprint density at radius 1 is 0.964 bits per heavy atom. The molecule has 5 nitrogen and oxygen atoms in total. The monoisotopic (exact) mass is 507 g/mol. The predicted octanol–water partition coefficient (Wildman–Crippen LogP) is 3.98. The minimum atomic E-state index is -4.34. The number of methoxy groups -OCH3 is 1. The summed E-state index contributed by atoms with van der Waals surface area (Å²) in [5.41, 5.74) is 1.42. The lowest BCUT2D eigenvalue weighted by molar-refractivity contribution is -0.137. The first-order chi connectivity index (χ1) is 12.8.